The van der Waals surface area contributed by atoms with E-state index in [-0.39, 0.29) is 10.9 Å². The van der Waals surface area contributed by atoms with Crippen molar-refractivity contribution >= 4 is 16.5 Å². The van der Waals surface area contributed by atoms with Crippen molar-refractivity contribution in [2.24, 2.45) is 0 Å². The number of carbonyl (C=O) groups is 1. The van der Waals surface area contributed by atoms with Crippen molar-refractivity contribution in [1.82, 2.24) is 4.31 Å². The van der Waals surface area contributed by atoms with E-state index in [4.69, 9.17) is 0 Å². The van der Waals surface area contributed by atoms with Gasteiger partial charge in [0.05, 0.1) is 10.9 Å². The predicted molar refractivity (Wildman–Crippen MR) is 76.2 cm³/mol. The van der Waals surface area contributed by atoms with Gasteiger partial charge in [0.1, 0.15) is 5.75 Å². The fourth-order valence-electron chi connectivity index (χ4n) is 2.22. The van der Waals surface area contributed by atoms with Gasteiger partial charge >= 0.3 is 0 Å². The van der Waals surface area contributed by atoms with Gasteiger partial charge in [-0.1, -0.05) is 30.3 Å². The average Bonchev–Trinajstić information content (AvgIpc) is 3.30. The largest absolute Gasteiger partial charge is 0.429 e. The zero-order valence-electron chi connectivity index (χ0n) is 11.0. The SMILES string of the molecule is O=COc1ccc(S(=O)(=O)N2CC2c2ccccc2)cc1. The third-order valence-electron chi connectivity index (χ3n) is 3.37. The van der Waals surface area contributed by atoms with Gasteiger partial charge < -0.3 is 4.74 Å². The van der Waals surface area contributed by atoms with Gasteiger partial charge in [0.2, 0.25) is 10.0 Å². The summed E-state index contributed by atoms with van der Waals surface area (Å²) in [6, 6.07) is 15.2. The third-order valence-corrected chi connectivity index (χ3v) is 5.25. The molecule has 2 unspecified atom stereocenters. The molecule has 3 rings (SSSR count). The van der Waals surface area contributed by atoms with Crippen molar-refractivity contribution in [3.05, 3.63) is 60.2 Å². The van der Waals surface area contributed by atoms with Crippen molar-refractivity contribution in [3.8, 4) is 5.75 Å². The van der Waals surface area contributed by atoms with Gasteiger partial charge in [0, 0.05) is 6.54 Å². The lowest BCUT2D eigenvalue weighted by atomic mass is 10.2. The molecule has 2 atom stereocenters. The summed E-state index contributed by atoms with van der Waals surface area (Å²) in [6.07, 6.45) is 0. The zero-order valence-corrected chi connectivity index (χ0v) is 11.9. The zero-order chi connectivity index (χ0) is 14.9. The second kappa shape index (κ2) is 5.31. The Kier molecular flexibility index (Phi) is 3.48. The van der Waals surface area contributed by atoms with E-state index < -0.39 is 10.0 Å². The highest BCUT2D eigenvalue weighted by atomic mass is 32.2. The Bertz CT molecular complexity index is 741. The lowest BCUT2D eigenvalue weighted by molar-refractivity contribution is -0.120. The Labute approximate surface area is 122 Å². The van der Waals surface area contributed by atoms with Crippen LogP contribution in [-0.2, 0) is 14.8 Å². The van der Waals surface area contributed by atoms with E-state index in [0.29, 0.717) is 18.8 Å². The number of nitrogens with zero attached hydrogens (tertiary/aromatic N) is 1. The molecule has 108 valence electrons. The molecule has 21 heavy (non-hydrogen) atoms. The van der Waals surface area contributed by atoms with Crippen molar-refractivity contribution in [2.45, 2.75) is 10.9 Å². The molecular weight excluding hydrogens is 290 g/mol. The van der Waals surface area contributed by atoms with E-state index in [1.807, 2.05) is 30.3 Å². The van der Waals surface area contributed by atoms with Crippen molar-refractivity contribution < 1.29 is 17.9 Å². The van der Waals surface area contributed by atoms with Crippen molar-refractivity contribution in [1.29, 1.82) is 0 Å². The molecule has 1 fully saturated rings. The van der Waals surface area contributed by atoms with Gasteiger partial charge in [-0.15, -0.1) is 0 Å². The van der Waals surface area contributed by atoms with Crippen LogP contribution in [0.3, 0.4) is 0 Å². The van der Waals surface area contributed by atoms with Crippen LogP contribution in [0.5, 0.6) is 5.75 Å². The summed E-state index contributed by atoms with van der Waals surface area (Å²) in [5.74, 6) is 0.314. The molecule has 0 saturated carbocycles. The highest BCUT2D eigenvalue weighted by Crippen LogP contribution is 2.40. The van der Waals surface area contributed by atoms with Crippen LogP contribution in [0.4, 0.5) is 0 Å². The molecule has 1 heterocycles. The summed E-state index contributed by atoms with van der Waals surface area (Å²) in [5, 5.41) is 0. The molecule has 6 heteroatoms. The van der Waals surface area contributed by atoms with Gasteiger partial charge in [0.15, 0.2) is 0 Å². The van der Waals surface area contributed by atoms with Crippen LogP contribution in [0.2, 0.25) is 0 Å². The van der Waals surface area contributed by atoms with Crippen LogP contribution in [0.25, 0.3) is 0 Å². The van der Waals surface area contributed by atoms with Gasteiger partial charge in [-0.3, -0.25) is 4.79 Å². The fourth-order valence-corrected chi connectivity index (χ4v) is 3.76. The summed E-state index contributed by atoms with van der Waals surface area (Å²) in [5.41, 5.74) is 0.988. The molecule has 1 aliphatic rings. The Balaban J connectivity index is 1.80. The Hall–Kier alpha value is -2.18. The van der Waals surface area contributed by atoms with Crippen LogP contribution in [0, 0.1) is 0 Å². The number of ether oxygens (including phenoxy) is 1. The van der Waals surface area contributed by atoms with E-state index >= 15 is 0 Å². The quantitative estimate of drug-likeness (QED) is 0.626. The molecule has 0 N–H and O–H groups in total. The molecule has 1 aliphatic heterocycles. The van der Waals surface area contributed by atoms with Gasteiger partial charge in [-0.25, -0.2) is 8.42 Å². The summed E-state index contributed by atoms with van der Waals surface area (Å²) >= 11 is 0. The fraction of sp³-hybridized carbons (Fsp3) is 0.133. The highest BCUT2D eigenvalue weighted by molar-refractivity contribution is 7.89. The molecule has 1 saturated heterocycles. The maximum absolute atomic E-state index is 12.5. The Morgan fingerprint density at radius 2 is 1.71 bits per heavy atom. The second-order valence-corrected chi connectivity index (χ2v) is 6.58. The molecule has 0 radical (unpaired) electrons. The molecule has 5 nitrogen and oxygen atoms in total. The minimum atomic E-state index is -3.51. The number of hydrogen-bond donors (Lipinski definition) is 0. The number of hydrogen-bond acceptors (Lipinski definition) is 4. The van der Waals surface area contributed by atoms with Crippen LogP contribution >= 0.6 is 0 Å². The maximum atomic E-state index is 12.5. The first-order valence-electron chi connectivity index (χ1n) is 6.40. The molecule has 0 aromatic heterocycles. The molecule has 2 aromatic rings. The highest BCUT2D eigenvalue weighted by Gasteiger charge is 2.45. The topological polar surface area (TPSA) is 63.5 Å². The number of rotatable bonds is 5. The van der Waals surface area contributed by atoms with Crippen molar-refractivity contribution in [2.75, 3.05) is 6.54 Å². The summed E-state index contributed by atoms with van der Waals surface area (Å²) < 4.78 is 31.0. The normalized spacial score (nSPS) is 20.8. The molecule has 0 aliphatic carbocycles. The predicted octanol–water partition coefficient (Wildman–Crippen LogP) is 1.97. The van der Waals surface area contributed by atoms with Crippen LogP contribution < -0.4 is 4.74 Å². The first kappa shape index (κ1) is 13.8. The number of sulfonamides is 1. The third kappa shape index (κ3) is 2.68. The van der Waals surface area contributed by atoms with Crippen LogP contribution in [0.15, 0.2) is 59.5 Å². The van der Waals surface area contributed by atoms with Gasteiger partial charge in [-0.05, 0) is 29.8 Å². The van der Waals surface area contributed by atoms with E-state index in [1.54, 1.807) is 0 Å². The maximum Gasteiger partial charge on any atom is 0.298 e. The molecule has 0 amide bonds. The van der Waals surface area contributed by atoms with E-state index in [9.17, 15) is 13.2 Å². The summed E-state index contributed by atoms with van der Waals surface area (Å²) in [7, 11) is -3.51. The standard InChI is InChI=1S/C15H13NO4S/c17-11-20-13-6-8-14(9-7-13)21(18,19)16-10-15(16)12-4-2-1-3-5-12/h1-9,11,15H,10H2. The summed E-state index contributed by atoms with van der Waals surface area (Å²) in [4.78, 5) is 10.4. The second-order valence-electron chi connectivity index (χ2n) is 4.69. The lowest BCUT2D eigenvalue weighted by Gasteiger charge is -2.07. The monoisotopic (exact) mass is 303 g/mol. The molecule has 0 spiro atoms. The Morgan fingerprint density at radius 1 is 1.05 bits per heavy atom. The van der Waals surface area contributed by atoms with E-state index in [0.717, 1.165) is 5.56 Å². The number of carbonyl (C=O) groups excluding carboxylic acids is 1. The Morgan fingerprint density at radius 3 is 2.33 bits per heavy atom. The lowest BCUT2D eigenvalue weighted by Crippen LogP contribution is -2.12. The minimum Gasteiger partial charge on any atom is -0.429 e. The minimum absolute atomic E-state index is 0.0953. The van der Waals surface area contributed by atoms with Crippen LogP contribution in [0.1, 0.15) is 11.6 Å². The average molecular weight is 303 g/mol. The van der Waals surface area contributed by atoms with Gasteiger partial charge in [-0.2, -0.15) is 4.31 Å². The number of benzene rings is 2. The first-order valence-corrected chi connectivity index (χ1v) is 7.84. The van der Waals surface area contributed by atoms with Crippen LogP contribution in [-0.4, -0.2) is 25.7 Å². The summed E-state index contributed by atoms with van der Waals surface area (Å²) in [6.45, 7) is 0.790. The molecular formula is C15H13NO4S. The first-order chi connectivity index (χ1) is 10.1. The molecule has 0 bridgehead atoms. The van der Waals surface area contributed by atoms with Gasteiger partial charge in [0.25, 0.3) is 6.47 Å². The van der Waals surface area contributed by atoms with E-state index in [1.165, 1.54) is 28.6 Å². The smallest absolute Gasteiger partial charge is 0.298 e. The van der Waals surface area contributed by atoms with E-state index in [2.05, 4.69) is 4.74 Å². The molecule has 2 aromatic carbocycles. The van der Waals surface area contributed by atoms with Crippen molar-refractivity contribution in [3.63, 3.8) is 0 Å².